The Morgan fingerprint density at radius 3 is 2.42 bits per heavy atom. The Bertz CT molecular complexity index is 91.8. The Balaban J connectivity index is 3.15. The predicted molar refractivity (Wildman–Crippen MR) is 55.3 cm³/mol. The number of unbranched alkanes of at least 4 members (excludes halogenated alkanes) is 2. The van der Waals surface area contributed by atoms with Crippen molar-refractivity contribution in [2.24, 2.45) is 5.73 Å². The van der Waals surface area contributed by atoms with Gasteiger partial charge in [-0.25, -0.2) is 0 Å². The minimum absolute atomic E-state index is 0.277. The van der Waals surface area contributed by atoms with E-state index in [1.165, 1.54) is 25.7 Å². The lowest BCUT2D eigenvalue weighted by Gasteiger charge is -2.14. The van der Waals surface area contributed by atoms with E-state index in [1.54, 1.807) is 0 Å². The zero-order valence-corrected chi connectivity index (χ0v) is 8.77. The number of hydrogen-bond donors (Lipinski definition) is 2. The second-order valence-corrected chi connectivity index (χ2v) is 3.78. The van der Waals surface area contributed by atoms with Crippen LogP contribution in [0.4, 0.5) is 0 Å². The van der Waals surface area contributed by atoms with Crippen LogP contribution in [-0.2, 0) is 0 Å². The molecule has 0 spiro atoms. The molecule has 0 aromatic rings. The van der Waals surface area contributed by atoms with Crippen LogP contribution in [0, 0.1) is 0 Å². The molecule has 0 saturated heterocycles. The van der Waals surface area contributed by atoms with Gasteiger partial charge in [0.1, 0.15) is 0 Å². The summed E-state index contributed by atoms with van der Waals surface area (Å²) < 4.78 is 0. The molecule has 2 nitrogen and oxygen atoms in total. The van der Waals surface area contributed by atoms with Crippen LogP contribution in [0.1, 0.15) is 46.5 Å². The van der Waals surface area contributed by atoms with Gasteiger partial charge in [-0.3, -0.25) is 0 Å². The molecule has 74 valence electrons. The molecule has 0 fully saturated rings. The third kappa shape index (κ3) is 8.02. The van der Waals surface area contributed by atoms with E-state index in [2.05, 4.69) is 19.2 Å². The molecule has 0 aliphatic rings. The molecule has 2 heteroatoms. The van der Waals surface area contributed by atoms with Crippen LogP contribution in [0.5, 0.6) is 0 Å². The first-order valence-electron chi connectivity index (χ1n) is 5.15. The fourth-order valence-electron chi connectivity index (χ4n) is 1.19. The van der Waals surface area contributed by atoms with Crippen molar-refractivity contribution in [1.82, 2.24) is 5.32 Å². The molecule has 0 aliphatic carbocycles. The van der Waals surface area contributed by atoms with Gasteiger partial charge in [-0.1, -0.05) is 26.2 Å². The first-order chi connectivity index (χ1) is 5.66. The summed E-state index contributed by atoms with van der Waals surface area (Å²) in [7, 11) is 0. The maximum atomic E-state index is 5.63. The van der Waals surface area contributed by atoms with Gasteiger partial charge in [-0.2, -0.15) is 0 Å². The van der Waals surface area contributed by atoms with Gasteiger partial charge < -0.3 is 11.1 Å². The standard InChI is InChI=1S/C10H24N2/c1-4-5-6-7-10(3)12-8-9(2)11/h9-10,12H,4-8,11H2,1-3H3. The van der Waals surface area contributed by atoms with Crippen molar-refractivity contribution in [2.45, 2.75) is 58.5 Å². The lowest BCUT2D eigenvalue weighted by atomic mass is 10.1. The topological polar surface area (TPSA) is 38.0 Å². The molecular weight excluding hydrogens is 148 g/mol. The summed E-state index contributed by atoms with van der Waals surface area (Å²) in [6.07, 6.45) is 5.27. The van der Waals surface area contributed by atoms with Crippen molar-refractivity contribution in [3.8, 4) is 0 Å². The minimum Gasteiger partial charge on any atom is -0.327 e. The molecule has 0 saturated carbocycles. The van der Waals surface area contributed by atoms with E-state index in [1.807, 2.05) is 6.92 Å². The van der Waals surface area contributed by atoms with Crippen molar-refractivity contribution < 1.29 is 0 Å². The second kappa shape index (κ2) is 7.56. The van der Waals surface area contributed by atoms with Crippen molar-refractivity contribution >= 4 is 0 Å². The Morgan fingerprint density at radius 1 is 1.25 bits per heavy atom. The molecule has 12 heavy (non-hydrogen) atoms. The van der Waals surface area contributed by atoms with E-state index in [0.29, 0.717) is 6.04 Å². The van der Waals surface area contributed by atoms with Gasteiger partial charge in [0.25, 0.3) is 0 Å². The minimum atomic E-state index is 0.277. The number of nitrogens with one attached hydrogen (secondary N) is 1. The lowest BCUT2D eigenvalue weighted by molar-refractivity contribution is 0.471. The van der Waals surface area contributed by atoms with E-state index in [0.717, 1.165) is 6.54 Å². The highest BCUT2D eigenvalue weighted by Gasteiger charge is 2.01. The van der Waals surface area contributed by atoms with Gasteiger partial charge >= 0.3 is 0 Å². The van der Waals surface area contributed by atoms with E-state index in [4.69, 9.17) is 5.73 Å². The molecule has 3 N–H and O–H groups in total. The Labute approximate surface area is 76.9 Å². The number of hydrogen-bond acceptors (Lipinski definition) is 2. The van der Waals surface area contributed by atoms with Gasteiger partial charge in [0.2, 0.25) is 0 Å². The van der Waals surface area contributed by atoms with Crippen LogP contribution >= 0.6 is 0 Å². The highest BCUT2D eigenvalue weighted by Crippen LogP contribution is 2.02. The average Bonchev–Trinajstić information content (AvgIpc) is 2.01. The largest absolute Gasteiger partial charge is 0.327 e. The fraction of sp³-hybridized carbons (Fsp3) is 1.00. The van der Waals surface area contributed by atoms with Crippen LogP contribution in [0.2, 0.25) is 0 Å². The van der Waals surface area contributed by atoms with Gasteiger partial charge in [-0.15, -0.1) is 0 Å². The monoisotopic (exact) mass is 172 g/mol. The zero-order valence-electron chi connectivity index (χ0n) is 8.77. The first kappa shape index (κ1) is 11.9. The van der Waals surface area contributed by atoms with E-state index in [-0.39, 0.29) is 6.04 Å². The first-order valence-corrected chi connectivity index (χ1v) is 5.15. The summed E-state index contributed by atoms with van der Waals surface area (Å²) in [5.74, 6) is 0. The highest BCUT2D eigenvalue weighted by molar-refractivity contribution is 4.64. The smallest absolute Gasteiger partial charge is 0.0136 e. The maximum Gasteiger partial charge on any atom is 0.0136 e. The van der Waals surface area contributed by atoms with Gasteiger partial charge in [0, 0.05) is 18.6 Å². The number of rotatable bonds is 7. The summed E-state index contributed by atoms with van der Waals surface area (Å²) in [5.41, 5.74) is 5.63. The second-order valence-electron chi connectivity index (χ2n) is 3.78. The summed E-state index contributed by atoms with van der Waals surface area (Å²) >= 11 is 0. The summed E-state index contributed by atoms with van der Waals surface area (Å²) in [6, 6.07) is 0.904. The number of nitrogens with two attached hydrogens (primary N) is 1. The van der Waals surface area contributed by atoms with Crippen molar-refractivity contribution in [3.05, 3.63) is 0 Å². The summed E-state index contributed by atoms with van der Waals surface area (Å²) in [5, 5.41) is 3.42. The van der Waals surface area contributed by atoms with Crippen molar-refractivity contribution in [1.29, 1.82) is 0 Å². The van der Waals surface area contributed by atoms with Crippen molar-refractivity contribution in [3.63, 3.8) is 0 Å². The molecule has 2 unspecified atom stereocenters. The van der Waals surface area contributed by atoms with Crippen LogP contribution in [-0.4, -0.2) is 18.6 Å². The van der Waals surface area contributed by atoms with E-state index in [9.17, 15) is 0 Å². The van der Waals surface area contributed by atoms with E-state index < -0.39 is 0 Å². The molecule has 0 bridgehead atoms. The molecule has 0 aromatic carbocycles. The molecule has 0 aromatic heterocycles. The third-order valence-corrected chi connectivity index (χ3v) is 2.03. The van der Waals surface area contributed by atoms with E-state index >= 15 is 0 Å². The molecule has 0 heterocycles. The Hall–Kier alpha value is -0.0800. The zero-order chi connectivity index (χ0) is 9.40. The molecule has 0 aliphatic heterocycles. The molecule has 0 rings (SSSR count). The normalized spacial score (nSPS) is 16.0. The van der Waals surface area contributed by atoms with Gasteiger partial charge in [0.15, 0.2) is 0 Å². The fourth-order valence-corrected chi connectivity index (χ4v) is 1.19. The van der Waals surface area contributed by atoms with Gasteiger partial charge in [0.05, 0.1) is 0 Å². The molecular formula is C10H24N2. The van der Waals surface area contributed by atoms with Crippen LogP contribution in [0.25, 0.3) is 0 Å². The quantitative estimate of drug-likeness (QED) is 0.576. The predicted octanol–water partition coefficient (Wildman–Crippen LogP) is 1.89. The van der Waals surface area contributed by atoms with Crippen LogP contribution < -0.4 is 11.1 Å². The van der Waals surface area contributed by atoms with Crippen molar-refractivity contribution in [2.75, 3.05) is 6.54 Å². The third-order valence-electron chi connectivity index (χ3n) is 2.03. The Kier molecular flexibility index (Phi) is 7.51. The summed E-state index contributed by atoms with van der Waals surface area (Å²) in [4.78, 5) is 0. The van der Waals surface area contributed by atoms with Gasteiger partial charge in [-0.05, 0) is 20.3 Å². The lowest BCUT2D eigenvalue weighted by Crippen LogP contribution is -2.36. The molecule has 0 amide bonds. The van der Waals surface area contributed by atoms with Crippen LogP contribution in [0.3, 0.4) is 0 Å². The SMILES string of the molecule is CCCCCC(C)NCC(C)N. The summed E-state index contributed by atoms with van der Waals surface area (Å²) in [6.45, 7) is 7.44. The molecule has 0 radical (unpaired) electrons. The highest BCUT2D eigenvalue weighted by atomic mass is 14.9. The van der Waals surface area contributed by atoms with Crippen LogP contribution in [0.15, 0.2) is 0 Å². The Morgan fingerprint density at radius 2 is 1.92 bits per heavy atom. The molecule has 2 atom stereocenters. The average molecular weight is 172 g/mol. The maximum absolute atomic E-state index is 5.63.